The Morgan fingerprint density at radius 3 is 2.25 bits per heavy atom. The number of nitrogens with one attached hydrogen (secondary N) is 1. The molecule has 24 heavy (non-hydrogen) atoms. The van der Waals surface area contributed by atoms with Gasteiger partial charge in [0.15, 0.2) is 0 Å². The molecule has 0 aliphatic heterocycles. The van der Waals surface area contributed by atoms with Crippen molar-refractivity contribution in [2.24, 2.45) is 0 Å². The number of alkyl halides is 1. The minimum atomic E-state index is -4.28. The first kappa shape index (κ1) is 18.8. The van der Waals surface area contributed by atoms with Gasteiger partial charge in [0, 0.05) is 0 Å². The number of hydrogen-bond acceptors (Lipinski definition) is 4. The highest BCUT2D eigenvalue weighted by Gasteiger charge is 2.39. The second-order valence-electron chi connectivity index (χ2n) is 6.20. The molecule has 1 unspecified atom stereocenters. The van der Waals surface area contributed by atoms with Gasteiger partial charge < -0.3 is 4.42 Å². The van der Waals surface area contributed by atoms with Crippen LogP contribution in [0, 0.1) is 0 Å². The van der Waals surface area contributed by atoms with Crippen LogP contribution in [0.25, 0.3) is 0 Å². The maximum atomic E-state index is 15.0. The largest absolute Gasteiger partial charge is 0.468 e. The summed E-state index contributed by atoms with van der Waals surface area (Å²) in [6.07, 6.45) is 1.31. The molecule has 1 aromatic carbocycles. The van der Waals surface area contributed by atoms with Crippen LogP contribution in [0.4, 0.5) is 4.39 Å². The minimum absolute atomic E-state index is 0.0691. The quantitative estimate of drug-likeness (QED) is 0.844. The monoisotopic (exact) mass is 373 g/mol. The molecule has 0 aliphatic carbocycles. The molecule has 0 saturated carbocycles. The van der Waals surface area contributed by atoms with Gasteiger partial charge in [-0.25, -0.2) is 21.7 Å². The van der Waals surface area contributed by atoms with Crippen molar-refractivity contribution in [1.29, 1.82) is 0 Å². The first-order valence-electron chi connectivity index (χ1n) is 7.28. The summed E-state index contributed by atoms with van der Waals surface area (Å²) < 4.78 is 59.4. The summed E-state index contributed by atoms with van der Waals surface area (Å²) in [6.45, 7) is 5.11. The van der Waals surface area contributed by atoms with E-state index in [4.69, 9.17) is 4.42 Å². The van der Waals surface area contributed by atoms with E-state index in [0.29, 0.717) is 0 Å². The molecule has 0 aliphatic rings. The molecule has 3 atom stereocenters. The zero-order valence-corrected chi connectivity index (χ0v) is 15.2. The predicted octanol–water partition coefficient (Wildman–Crippen LogP) is 3.14. The van der Waals surface area contributed by atoms with E-state index in [2.05, 4.69) is 4.72 Å². The second kappa shape index (κ2) is 7.16. The Hall–Kier alpha value is -1.51. The molecule has 0 spiro atoms. The van der Waals surface area contributed by atoms with Gasteiger partial charge in [-0.3, -0.25) is 0 Å². The van der Waals surface area contributed by atoms with Gasteiger partial charge in [0.1, 0.15) is 11.8 Å². The summed E-state index contributed by atoms with van der Waals surface area (Å²) >= 11 is 0. The van der Waals surface area contributed by atoms with E-state index in [1.807, 2.05) is 0 Å². The number of rotatable bonds is 6. The topological polar surface area (TPSA) is 76.4 Å². The van der Waals surface area contributed by atoms with Crippen molar-refractivity contribution in [2.45, 2.75) is 42.0 Å². The van der Waals surface area contributed by atoms with E-state index >= 15 is 0 Å². The van der Waals surface area contributed by atoms with Crippen LogP contribution in [0.3, 0.4) is 0 Å². The van der Waals surface area contributed by atoms with Crippen LogP contribution in [-0.4, -0.2) is 22.9 Å². The van der Waals surface area contributed by atoms with Crippen molar-refractivity contribution in [3.63, 3.8) is 0 Å². The van der Waals surface area contributed by atoms with Gasteiger partial charge in [-0.1, -0.05) is 18.2 Å². The van der Waals surface area contributed by atoms with Crippen LogP contribution in [0.2, 0.25) is 0 Å². The molecule has 8 heteroatoms. The first-order chi connectivity index (χ1) is 11.1. The first-order valence-corrected chi connectivity index (χ1v) is 9.98. The molecule has 0 radical (unpaired) electrons. The van der Waals surface area contributed by atoms with Gasteiger partial charge in [-0.05, 0) is 45.0 Å². The molecule has 5 nitrogen and oxygen atoms in total. The number of sulfone groups is 1. The molecule has 2 aromatic rings. The molecular formula is C16H20FNO4S2. The Balaban J connectivity index is 2.39. The molecule has 0 bridgehead atoms. The highest BCUT2D eigenvalue weighted by Crippen LogP contribution is 2.30. The van der Waals surface area contributed by atoms with Crippen molar-refractivity contribution < 1.29 is 21.4 Å². The van der Waals surface area contributed by atoms with Crippen molar-refractivity contribution in [3.8, 4) is 0 Å². The molecule has 1 heterocycles. The normalized spacial score (nSPS) is 16.5. The minimum Gasteiger partial charge on any atom is -0.468 e. The van der Waals surface area contributed by atoms with Gasteiger partial charge in [-0.2, -0.15) is 0 Å². The fraction of sp³-hybridized carbons (Fsp3) is 0.375. The summed E-state index contributed by atoms with van der Waals surface area (Å²) in [7, 11) is -5.96. The van der Waals surface area contributed by atoms with E-state index in [1.54, 1.807) is 26.8 Å². The van der Waals surface area contributed by atoms with E-state index in [1.165, 1.54) is 42.7 Å². The fourth-order valence-electron chi connectivity index (χ4n) is 1.92. The number of furan rings is 1. The highest BCUT2D eigenvalue weighted by atomic mass is 32.2. The molecule has 1 aromatic heterocycles. The summed E-state index contributed by atoms with van der Waals surface area (Å²) in [5.41, 5.74) is -2.35. The van der Waals surface area contributed by atoms with Crippen LogP contribution in [-0.2, 0) is 20.8 Å². The summed E-state index contributed by atoms with van der Waals surface area (Å²) in [5, 5.41) is 0. The van der Waals surface area contributed by atoms with E-state index in [9.17, 15) is 17.0 Å². The van der Waals surface area contributed by atoms with Gasteiger partial charge >= 0.3 is 0 Å². The fourth-order valence-corrected chi connectivity index (χ4v) is 4.18. The third-order valence-electron chi connectivity index (χ3n) is 3.27. The van der Waals surface area contributed by atoms with Crippen LogP contribution >= 0.6 is 0 Å². The van der Waals surface area contributed by atoms with Gasteiger partial charge in [-0.15, -0.1) is 0 Å². The van der Waals surface area contributed by atoms with Crippen LogP contribution in [0.1, 0.15) is 32.6 Å². The Labute approximate surface area is 143 Å². The second-order valence-corrected chi connectivity index (χ2v) is 10.2. The lowest BCUT2D eigenvalue weighted by molar-refractivity contribution is 0.318. The van der Waals surface area contributed by atoms with Gasteiger partial charge in [0.2, 0.25) is 15.3 Å². The molecule has 132 valence electrons. The maximum Gasteiger partial charge on any atom is 0.228 e. The highest BCUT2D eigenvalue weighted by molar-refractivity contribution is 7.92. The molecule has 2 rings (SSSR count). The van der Waals surface area contributed by atoms with Crippen LogP contribution < -0.4 is 4.72 Å². The SMILES string of the molecule is CC(C)(C)[S@@](=O)N[C@@H](c1ccco1)C(F)S(=O)(=O)c1ccccc1. The molecule has 0 saturated heterocycles. The van der Waals surface area contributed by atoms with Crippen molar-refractivity contribution >= 4 is 20.8 Å². The van der Waals surface area contributed by atoms with Gasteiger partial charge in [0.25, 0.3) is 0 Å². The molecule has 0 amide bonds. The number of benzene rings is 1. The van der Waals surface area contributed by atoms with Crippen molar-refractivity contribution in [2.75, 3.05) is 0 Å². The smallest absolute Gasteiger partial charge is 0.228 e. The Morgan fingerprint density at radius 1 is 1.12 bits per heavy atom. The lowest BCUT2D eigenvalue weighted by atomic mass is 10.2. The number of halogens is 1. The maximum absolute atomic E-state index is 15.0. The van der Waals surface area contributed by atoms with Crippen molar-refractivity contribution in [3.05, 3.63) is 54.5 Å². The zero-order valence-electron chi connectivity index (χ0n) is 13.6. The Bertz CT molecular complexity index is 783. The van der Waals surface area contributed by atoms with E-state index in [-0.39, 0.29) is 10.7 Å². The third kappa shape index (κ3) is 4.12. The Kier molecular flexibility index (Phi) is 5.62. The lowest BCUT2D eigenvalue weighted by Crippen LogP contribution is -2.41. The lowest BCUT2D eigenvalue weighted by Gasteiger charge is -2.25. The standard InChI is InChI=1S/C16H20FNO4S2/c1-16(2,3)23(19)18-14(13-10-7-11-22-13)15(17)24(20,21)12-8-5-4-6-9-12/h4-11,14-15,18H,1-3H3/t14-,15?,23+/m0/s1. The van der Waals surface area contributed by atoms with E-state index in [0.717, 1.165) is 0 Å². The van der Waals surface area contributed by atoms with Crippen molar-refractivity contribution in [1.82, 2.24) is 4.72 Å². The predicted molar refractivity (Wildman–Crippen MR) is 91.0 cm³/mol. The average Bonchev–Trinajstić information content (AvgIpc) is 3.05. The molecule has 0 fully saturated rings. The number of hydrogen-bond donors (Lipinski definition) is 1. The summed E-state index contributed by atoms with van der Waals surface area (Å²) in [4.78, 5) is -0.141. The van der Waals surface area contributed by atoms with Gasteiger partial charge in [0.05, 0.1) is 26.9 Å². The van der Waals surface area contributed by atoms with Crippen LogP contribution in [0.15, 0.2) is 58.0 Å². The Morgan fingerprint density at radius 2 is 1.75 bits per heavy atom. The summed E-state index contributed by atoms with van der Waals surface area (Å²) in [5.74, 6) is 0.0691. The van der Waals surface area contributed by atoms with E-state index < -0.39 is 37.1 Å². The zero-order chi connectivity index (χ0) is 18.0. The molecule has 1 N–H and O–H groups in total. The third-order valence-corrected chi connectivity index (χ3v) is 6.64. The summed E-state index contributed by atoms with van der Waals surface area (Å²) in [6, 6.07) is 8.90. The molecular weight excluding hydrogens is 353 g/mol. The van der Waals surface area contributed by atoms with Crippen LogP contribution in [0.5, 0.6) is 0 Å². The average molecular weight is 373 g/mol.